The van der Waals surface area contributed by atoms with E-state index in [2.05, 4.69) is 10.3 Å². The molecule has 162 valence electrons. The molecule has 1 atom stereocenters. The summed E-state index contributed by atoms with van der Waals surface area (Å²) in [5.74, 6) is -0.130. The fourth-order valence-electron chi connectivity index (χ4n) is 2.94. The molecule has 31 heavy (non-hydrogen) atoms. The minimum Gasteiger partial charge on any atom is -0.344 e. The smallest absolute Gasteiger partial charge is 0.244 e. The average molecular weight is 456 g/mol. The van der Waals surface area contributed by atoms with Crippen molar-refractivity contribution in [1.29, 1.82) is 0 Å². The van der Waals surface area contributed by atoms with Gasteiger partial charge in [0.25, 0.3) is 0 Å². The number of rotatable bonds is 8. The van der Waals surface area contributed by atoms with Gasteiger partial charge in [-0.1, -0.05) is 72.4 Å². The lowest BCUT2D eigenvalue weighted by atomic mass is 9.98. The van der Waals surface area contributed by atoms with E-state index in [1.54, 1.807) is 13.0 Å². The summed E-state index contributed by atoms with van der Waals surface area (Å²) in [7, 11) is -0.588. The molecule has 2 aromatic carbocycles. The van der Waals surface area contributed by atoms with Gasteiger partial charge in [0, 0.05) is 20.3 Å². The molecule has 0 spiro atoms. The topological polar surface area (TPSA) is 79.4 Å². The standard InChI is InChI=1S/C23H25N3O3S2/c1-17(30-21-15-14-20(16-24-21)31(28,29)26(2)3)23(27)25-22(18-10-6-4-7-11-18)19-12-8-5-9-13-19/h4-17,22H,1-3H3,(H,25,27). The predicted molar refractivity (Wildman–Crippen MR) is 123 cm³/mol. The van der Waals surface area contributed by atoms with E-state index < -0.39 is 15.3 Å². The van der Waals surface area contributed by atoms with Gasteiger partial charge in [-0.2, -0.15) is 0 Å². The number of hydrogen-bond acceptors (Lipinski definition) is 5. The van der Waals surface area contributed by atoms with Crippen LogP contribution in [0.5, 0.6) is 0 Å². The lowest BCUT2D eigenvalue weighted by Gasteiger charge is -2.22. The molecule has 3 aromatic rings. The van der Waals surface area contributed by atoms with Crippen LogP contribution in [0.4, 0.5) is 0 Å². The van der Waals surface area contributed by atoms with Crippen molar-refractivity contribution in [3.63, 3.8) is 0 Å². The van der Waals surface area contributed by atoms with Crippen molar-refractivity contribution in [3.05, 3.63) is 90.1 Å². The third-order valence-electron chi connectivity index (χ3n) is 4.71. The molecule has 0 radical (unpaired) electrons. The second-order valence-electron chi connectivity index (χ2n) is 7.14. The molecule has 0 aliphatic rings. The molecule has 6 nitrogen and oxygen atoms in total. The van der Waals surface area contributed by atoms with Gasteiger partial charge >= 0.3 is 0 Å². The largest absolute Gasteiger partial charge is 0.344 e. The summed E-state index contributed by atoms with van der Waals surface area (Å²) in [4.78, 5) is 17.3. The SMILES string of the molecule is CC(Sc1ccc(S(=O)(=O)N(C)C)cn1)C(=O)NC(c1ccccc1)c1ccccc1. The quantitative estimate of drug-likeness (QED) is 0.524. The molecule has 0 fully saturated rings. The number of thioether (sulfide) groups is 1. The number of carbonyl (C=O) groups is 1. The van der Waals surface area contributed by atoms with E-state index in [0.29, 0.717) is 5.03 Å². The summed E-state index contributed by atoms with van der Waals surface area (Å²) >= 11 is 1.28. The highest BCUT2D eigenvalue weighted by Gasteiger charge is 2.22. The van der Waals surface area contributed by atoms with Gasteiger partial charge in [0.1, 0.15) is 4.90 Å². The van der Waals surface area contributed by atoms with Gasteiger partial charge in [-0.15, -0.1) is 0 Å². The number of nitrogens with zero attached hydrogens (tertiary/aromatic N) is 2. The predicted octanol–water partition coefficient (Wildman–Crippen LogP) is 3.72. The zero-order chi connectivity index (χ0) is 22.4. The molecule has 0 aliphatic carbocycles. The molecule has 1 N–H and O–H groups in total. The summed E-state index contributed by atoms with van der Waals surface area (Å²) in [6, 6.07) is 22.5. The number of nitrogens with one attached hydrogen (secondary N) is 1. The van der Waals surface area contributed by atoms with Gasteiger partial charge in [-0.3, -0.25) is 4.79 Å². The average Bonchev–Trinajstić information content (AvgIpc) is 2.78. The molecular weight excluding hydrogens is 430 g/mol. The Balaban J connectivity index is 1.73. The molecule has 0 bridgehead atoms. The minimum absolute atomic E-state index is 0.118. The van der Waals surface area contributed by atoms with E-state index in [1.165, 1.54) is 38.1 Å². The molecular formula is C23H25N3O3S2. The van der Waals surface area contributed by atoms with Gasteiger partial charge in [0.05, 0.1) is 16.3 Å². The van der Waals surface area contributed by atoms with Gasteiger partial charge in [0.2, 0.25) is 15.9 Å². The molecule has 1 heterocycles. The molecule has 0 saturated carbocycles. The Morgan fingerprint density at radius 2 is 1.48 bits per heavy atom. The molecule has 1 unspecified atom stereocenters. The molecule has 1 aromatic heterocycles. The van der Waals surface area contributed by atoms with Crippen molar-refractivity contribution in [3.8, 4) is 0 Å². The summed E-state index contributed by atoms with van der Waals surface area (Å²) < 4.78 is 25.5. The zero-order valence-corrected chi connectivity index (χ0v) is 19.2. The Morgan fingerprint density at radius 3 is 1.94 bits per heavy atom. The van der Waals surface area contributed by atoms with Crippen molar-refractivity contribution in [2.75, 3.05) is 14.1 Å². The number of hydrogen-bond donors (Lipinski definition) is 1. The highest BCUT2D eigenvalue weighted by molar-refractivity contribution is 8.00. The second-order valence-corrected chi connectivity index (χ2v) is 10.7. The molecule has 3 rings (SSSR count). The first kappa shape index (κ1) is 23.0. The van der Waals surface area contributed by atoms with Crippen LogP contribution in [-0.4, -0.2) is 43.0 Å². The number of aromatic nitrogens is 1. The van der Waals surface area contributed by atoms with E-state index in [4.69, 9.17) is 0 Å². The number of amides is 1. The third kappa shape index (κ3) is 5.72. The Hall–Kier alpha value is -2.68. The zero-order valence-electron chi connectivity index (χ0n) is 17.6. The van der Waals surface area contributed by atoms with Crippen LogP contribution in [-0.2, 0) is 14.8 Å². The molecule has 1 amide bonds. The molecule has 8 heteroatoms. The van der Waals surface area contributed by atoms with Gasteiger partial charge in [-0.05, 0) is 30.2 Å². The summed E-state index contributed by atoms with van der Waals surface area (Å²) in [5, 5.41) is 3.29. The maximum atomic E-state index is 13.0. The maximum Gasteiger partial charge on any atom is 0.244 e. The monoisotopic (exact) mass is 455 g/mol. The summed E-state index contributed by atoms with van der Waals surface area (Å²) in [6.07, 6.45) is 1.32. The second kappa shape index (κ2) is 10.1. The number of sulfonamides is 1. The Kier molecular flexibility index (Phi) is 7.48. The van der Waals surface area contributed by atoms with Crippen LogP contribution in [0.15, 0.2) is 88.9 Å². The lowest BCUT2D eigenvalue weighted by Crippen LogP contribution is -2.35. The van der Waals surface area contributed by atoms with E-state index in [1.807, 2.05) is 60.7 Å². The molecule has 0 aliphatic heterocycles. The van der Waals surface area contributed by atoms with Gasteiger partial charge in [0.15, 0.2) is 0 Å². The van der Waals surface area contributed by atoms with Gasteiger partial charge in [-0.25, -0.2) is 17.7 Å². The van der Waals surface area contributed by atoms with Crippen LogP contribution in [0.2, 0.25) is 0 Å². The van der Waals surface area contributed by atoms with E-state index in [-0.39, 0.29) is 16.8 Å². The fourth-order valence-corrected chi connectivity index (χ4v) is 4.59. The Morgan fingerprint density at radius 1 is 0.935 bits per heavy atom. The Bertz CT molecular complexity index is 1060. The van der Waals surface area contributed by atoms with Crippen LogP contribution >= 0.6 is 11.8 Å². The van der Waals surface area contributed by atoms with Crippen molar-refractivity contribution >= 4 is 27.7 Å². The first-order valence-electron chi connectivity index (χ1n) is 9.74. The normalized spacial score (nSPS) is 12.7. The lowest BCUT2D eigenvalue weighted by molar-refractivity contribution is -0.120. The van der Waals surface area contributed by atoms with E-state index in [9.17, 15) is 13.2 Å². The van der Waals surface area contributed by atoms with Crippen molar-refractivity contribution < 1.29 is 13.2 Å². The van der Waals surface area contributed by atoms with Crippen molar-refractivity contribution in [2.24, 2.45) is 0 Å². The van der Waals surface area contributed by atoms with Crippen LogP contribution in [0.25, 0.3) is 0 Å². The fraction of sp³-hybridized carbons (Fsp3) is 0.217. The molecule has 0 saturated heterocycles. The van der Waals surface area contributed by atoms with Crippen molar-refractivity contribution in [2.45, 2.75) is 28.1 Å². The minimum atomic E-state index is -3.53. The number of carbonyl (C=O) groups excluding carboxylic acids is 1. The van der Waals surface area contributed by atoms with E-state index >= 15 is 0 Å². The van der Waals surface area contributed by atoms with E-state index in [0.717, 1.165) is 15.4 Å². The number of pyridine rings is 1. The first-order chi connectivity index (χ1) is 14.8. The summed E-state index contributed by atoms with van der Waals surface area (Å²) in [5.41, 5.74) is 1.99. The third-order valence-corrected chi connectivity index (χ3v) is 7.56. The maximum absolute atomic E-state index is 13.0. The first-order valence-corrected chi connectivity index (χ1v) is 12.1. The van der Waals surface area contributed by atoms with Crippen LogP contribution in [0.1, 0.15) is 24.1 Å². The highest BCUT2D eigenvalue weighted by atomic mass is 32.2. The van der Waals surface area contributed by atoms with Gasteiger partial charge < -0.3 is 5.32 Å². The highest BCUT2D eigenvalue weighted by Crippen LogP contribution is 2.26. The van der Waals surface area contributed by atoms with Crippen molar-refractivity contribution in [1.82, 2.24) is 14.6 Å². The summed E-state index contributed by atoms with van der Waals surface area (Å²) in [6.45, 7) is 1.80. The van der Waals surface area contributed by atoms with Crippen LogP contribution < -0.4 is 5.32 Å². The van der Waals surface area contributed by atoms with Crippen LogP contribution in [0.3, 0.4) is 0 Å². The van der Waals surface area contributed by atoms with Crippen LogP contribution in [0, 0.1) is 0 Å². The number of benzene rings is 2. The Labute approximate surface area is 187 Å².